The lowest BCUT2D eigenvalue weighted by atomic mass is 10.1. The molecule has 0 bridgehead atoms. The van der Waals surface area contributed by atoms with Crippen LogP contribution in [0.25, 0.3) is 0 Å². The maximum atomic E-state index is 10.8. The summed E-state index contributed by atoms with van der Waals surface area (Å²) in [5.41, 5.74) is 1.51. The lowest BCUT2D eigenvalue weighted by Crippen LogP contribution is -1.96. The minimum absolute atomic E-state index is 0.0360. The Labute approximate surface area is 82.2 Å². The topological polar surface area (TPSA) is 37.3 Å². The van der Waals surface area contributed by atoms with Gasteiger partial charge in [-0.05, 0) is 18.6 Å². The van der Waals surface area contributed by atoms with Gasteiger partial charge in [0.2, 0.25) is 0 Å². The lowest BCUT2D eigenvalue weighted by molar-refractivity contribution is -0.116. The van der Waals surface area contributed by atoms with E-state index in [2.05, 4.69) is 0 Å². The molecule has 0 atom stereocenters. The summed E-state index contributed by atoms with van der Waals surface area (Å²) >= 11 is 5.58. The Morgan fingerprint density at radius 2 is 2.23 bits per heavy atom. The standard InChI is InChI=1S/C10H11ClO2/c1-7(12)4-9-3-2-8(6-11)5-10(9)13/h2-3,5,13H,4,6H2,1H3. The van der Waals surface area contributed by atoms with Crippen molar-refractivity contribution in [2.75, 3.05) is 0 Å². The molecule has 1 N–H and O–H groups in total. The second-order valence-electron chi connectivity index (χ2n) is 2.98. The maximum absolute atomic E-state index is 10.8. The number of halogens is 1. The third kappa shape index (κ3) is 2.74. The van der Waals surface area contributed by atoms with Crippen molar-refractivity contribution in [1.29, 1.82) is 0 Å². The van der Waals surface area contributed by atoms with E-state index in [1.807, 2.05) is 6.07 Å². The van der Waals surface area contributed by atoms with E-state index >= 15 is 0 Å². The highest BCUT2D eigenvalue weighted by molar-refractivity contribution is 6.17. The van der Waals surface area contributed by atoms with Crippen molar-refractivity contribution in [2.24, 2.45) is 0 Å². The number of Topliss-reactive ketones (excluding diaryl/α,β-unsaturated/α-hetero) is 1. The average Bonchev–Trinajstić information content (AvgIpc) is 2.08. The smallest absolute Gasteiger partial charge is 0.134 e. The number of hydrogen-bond acceptors (Lipinski definition) is 2. The number of aromatic hydroxyl groups is 1. The second-order valence-corrected chi connectivity index (χ2v) is 3.24. The molecule has 0 saturated carbocycles. The summed E-state index contributed by atoms with van der Waals surface area (Å²) in [4.78, 5) is 10.8. The van der Waals surface area contributed by atoms with Crippen molar-refractivity contribution in [1.82, 2.24) is 0 Å². The van der Waals surface area contributed by atoms with Crippen LogP contribution in [0.2, 0.25) is 0 Å². The largest absolute Gasteiger partial charge is 0.508 e. The Morgan fingerprint density at radius 3 is 2.69 bits per heavy atom. The Bertz CT molecular complexity index is 321. The van der Waals surface area contributed by atoms with Gasteiger partial charge in [0.05, 0.1) is 0 Å². The van der Waals surface area contributed by atoms with E-state index in [1.165, 1.54) is 6.92 Å². The number of phenolic OH excluding ortho intramolecular Hbond substituents is 1. The van der Waals surface area contributed by atoms with Crippen molar-refractivity contribution in [3.63, 3.8) is 0 Å². The molecule has 0 heterocycles. The summed E-state index contributed by atoms with van der Waals surface area (Å²) in [6, 6.07) is 5.13. The fourth-order valence-corrected chi connectivity index (χ4v) is 1.28. The van der Waals surface area contributed by atoms with Crippen LogP contribution in [0.3, 0.4) is 0 Å². The molecule has 13 heavy (non-hydrogen) atoms. The van der Waals surface area contributed by atoms with Crippen LogP contribution in [0, 0.1) is 0 Å². The van der Waals surface area contributed by atoms with Crippen LogP contribution in [0.15, 0.2) is 18.2 Å². The highest BCUT2D eigenvalue weighted by Crippen LogP contribution is 2.20. The van der Waals surface area contributed by atoms with E-state index in [-0.39, 0.29) is 18.0 Å². The van der Waals surface area contributed by atoms with Gasteiger partial charge in [-0.3, -0.25) is 4.79 Å². The number of ketones is 1. The Hall–Kier alpha value is -1.02. The number of carbonyl (C=O) groups is 1. The number of alkyl halides is 1. The molecule has 1 rings (SSSR count). The molecule has 1 aromatic carbocycles. The number of rotatable bonds is 3. The Morgan fingerprint density at radius 1 is 1.54 bits per heavy atom. The predicted octanol–water partition coefficient (Wildman–Crippen LogP) is 2.26. The molecule has 0 aliphatic rings. The van der Waals surface area contributed by atoms with Crippen molar-refractivity contribution < 1.29 is 9.90 Å². The van der Waals surface area contributed by atoms with Gasteiger partial charge < -0.3 is 5.11 Å². The zero-order chi connectivity index (χ0) is 9.84. The molecule has 3 heteroatoms. The van der Waals surface area contributed by atoms with Gasteiger partial charge in [-0.25, -0.2) is 0 Å². The van der Waals surface area contributed by atoms with Crippen molar-refractivity contribution in [3.8, 4) is 5.75 Å². The van der Waals surface area contributed by atoms with Crippen LogP contribution in [0.4, 0.5) is 0 Å². The zero-order valence-corrected chi connectivity index (χ0v) is 8.14. The second kappa shape index (κ2) is 4.28. The molecule has 2 nitrogen and oxygen atoms in total. The number of phenols is 1. The normalized spacial score (nSPS) is 10.0. The van der Waals surface area contributed by atoms with E-state index in [4.69, 9.17) is 11.6 Å². The molecular weight excluding hydrogens is 188 g/mol. The fraction of sp³-hybridized carbons (Fsp3) is 0.300. The Balaban J connectivity index is 2.91. The van der Waals surface area contributed by atoms with Gasteiger partial charge in [0.25, 0.3) is 0 Å². The predicted molar refractivity (Wildman–Crippen MR) is 52.0 cm³/mol. The van der Waals surface area contributed by atoms with Crippen molar-refractivity contribution >= 4 is 17.4 Å². The van der Waals surface area contributed by atoms with Gasteiger partial charge in [0.15, 0.2) is 0 Å². The molecule has 0 spiro atoms. The summed E-state index contributed by atoms with van der Waals surface area (Å²) in [6.07, 6.45) is 0.272. The number of carbonyl (C=O) groups excluding carboxylic acids is 1. The molecule has 0 aliphatic carbocycles. The minimum Gasteiger partial charge on any atom is -0.508 e. The van der Waals surface area contributed by atoms with Crippen LogP contribution in [0.1, 0.15) is 18.1 Å². The zero-order valence-electron chi connectivity index (χ0n) is 7.38. The van der Waals surface area contributed by atoms with Gasteiger partial charge >= 0.3 is 0 Å². The molecule has 0 aromatic heterocycles. The third-order valence-corrected chi connectivity index (χ3v) is 2.05. The fourth-order valence-electron chi connectivity index (χ4n) is 1.11. The molecular formula is C10H11ClO2. The van der Waals surface area contributed by atoms with Gasteiger partial charge in [-0.15, -0.1) is 11.6 Å². The van der Waals surface area contributed by atoms with Crippen LogP contribution in [-0.4, -0.2) is 10.9 Å². The van der Waals surface area contributed by atoms with Crippen LogP contribution in [-0.2, 0) is 17.1 Å². The van der Waals surface area contributed by atoms with Crippen LogP contribution >= 0.6 is 11.6 Å². The van der Waals surface area contributed by atoms with Gasteiger partial charge in [0, 0.05) is 17.9 Å². The first-order valence-electron chi connectivity index (χ1n) is 3.99. The van der Waals surface area contributed by atoms with E-state index in [1.54, 1.807) is 12.1 Å². The van der Waals surface area contributed by atoms with E-state index < -0.39 is 0 Å². The third-order valence-electron chi connectivity index (χ3n) is 1.74. The average molecular weight is 199 g/mol. The quantitative estimate of drug-likeness (QED) is 0.757. The van der Waals surface area contributed by atoms with E-state index in [9.17, 15) is 9.90 Å². The van der Waals surface area contributed by atoms with Gasteiger partial charge in [-0.2, -0.15) is 0 Å². The molecule has 0 saturated heterocycles. The van der Waals surface area contributed by atoms with Gasteiger partial charge in [0.1, 0.15) is 11.5 Å². The first-order valence-corrected chi connectivity index (χ1v) is 4.53. The summed E-state index contributed by atoms with van der Waals surface area (Å²) in [5, 5.41) is 9.46. The van der Waals surface area contributed by atoms with Crippen molar-refractivity contribution in [2.45, 2.75) is 19.2 Å². The summed E-state index contributed by atoms with van der Waals surface area (Å²) in [7, 11) is 0. The molecule has 0 unspecified atom stereocenters. The molecule has 0 radical (unpaired) electrons. The maximum Gasteiger partial charge on any atom is 0.134 e. The summed E-state index contributed by atoms with van der Waals surface area (Å²) < 4.78 is 0. The summed E-state index contributed by atoms with van der Waals surface area (Å²) in [5.74, 6) is 0.552. The molecule has 1 aromatic rings. The van der Waals surface area contributed by atoms with Gasteiger partial charge in [-0.1, -0.05) is 12.1 Å². The first-order chi connectivity index (χ1) is 6.13. The minimum atomic E-state index is 0.0360. The number of hydrogen-bond donors (Lipinski definition) is 1. The molecule has 70 valence electrons. The van der Waals surface area contributed by atoms with E-state index in [0.29, 0.717) is 11.4 Å². The monoisotopic (exact) mass is 198 g/mol. The van der Waals surface area contributed by atoms with Crippen LogP contribution < -0.4 is 0 Å². The molecule has 0 aliphatic heterocycles. The highest BCUT2D eigenvalue weighted by Gasteiger charge is 2.04. The summed E-state index contributed by atoms with van der Waals surface area (Å²) in [6.45, 7) is 1.49. The Kier molecular flexibility index (Phi) is 3.32. The SMILES string of the molecule is CC(=O)Cc1ccc(CCl)cc1O. The molecule has 0 amide bonds. The van der Waals surface area contributed by atoms with E-state index in [0.717, 1.165) is 5.56 Å². The highest BCUT2D eigenvalue weighted by atomic mass is 35.5. The first kappa shape index (κ1) is 10.1. The number of benzene rings is 1. The van der Waals surface area contributed by atoms with Crippen molar-refractivity contribution in [3.05, 3.63) is 29.3 Å². The van der Waals surface area contributed by atoms with Crippen LogP contribution in [0.5, 0.6) is 5.75 Å². The molecule has 0 fully saturated rings. The lowest BCUT2D eigenvalue weighted by Gasteiger charge is -2.03.